The lowest BCUT2D eigenvalue weighted by Crippen LogP contribution is -2.46. The standard InChI is InChI=1S/C25H26N4OS2/c1-3-12-28-13-15-29(16-14-28)23-7-5-4-6-21(23)26-24(30)18-32-25-27-22(17-31-25)20-10-8-19(2)9-11-20/h1,4-11,17H,12-16,18H2,2H3,(H,26,30). The van der Waals surface area contributed by atoms with E-state index in [2.05, 4.69) is 63.3 Å². The number of aromatic nitrogens is 1. The maximum absolute atomic E-state index is 12.7. The lowest BCUT2D eigenvalue weighted by molar-refractivity contribution is -0.113. The number of rotatable bonds is 7. The van der Waals surface area contributed by atoms with Crippen LogP contribution in [0.4, 0.5) is 11.4 Å². The Morgan fingerprint density at radius 1 is 1.16 bits per heavy atom. The number of carbonyl (C=O) groups is 1. The molecule has 2 heterocycles. The molecular formula is C25H26N4OS2. The van der Waals surface area contributed by atoms with E-state index < -0.39 is 0 Å². The second-order valence-corrected chi connectivity index (χ2v) is 9.77. The van der Waals surface area contributed by atoms with Crippen molar-refractivity contribution < 1.29 is 4.79 Å². The first-order valence-electron chi connectivity index (χ1n) is 10.6. The fraction of sp³-hybridized carbons (Fsp3) is 0.280. The van der Waals surface area contributed by atoms with Crippen molar-refractivity contribution in [1.29, 1.82) is 0 Å². The molecule has 1 aliphatic rings. The van der Waals surface area contributed by atoms with Crippen LogP contribution in [0.15, 0.2) is 58.3 Å². The molecule has 0 radical (unpaired) electrons. The summed E-state index contributed by atoms with van der Waals surface area (Å²) in [4.78, 5) is 21.9. The summed E-state index contributed by atoms with van der Waals surface area (Å²) in [6.45, 7) is 6.40. The number of terminal acetylenes is 1. The third-order valence-electron chi connectivity index (χ3n) is 5.36. The average Bonchev–Trinajstić information content (AvgIpc) is 3.29. The van der Waals surface area contributed by atoms with Crippen molar-refractivity contribution in [3.05, 3.63) is 59.5 Å². The maximum atomic E-state index is 12.7. The number of benzene rings is 2. The summed E-state index contributed by atoms with van der Waals surface area (Å²) in [6, 6.07) is 16.3. The Kier molecular flexibility index (Phi) is 7.48. The minimum atomic E-state index is -0.0273. The van der Waals surface area contributed by atoms with Gasteiger partial charge in [-0.2, -0.15) is 0 Å². The molecule has 1 N–H and O–H groups in total. The summed E-state index contributed by atoms with van der Waals surface area (Å²) < 4.78 is 0.897. The predicted octanol–water partition coefficient (Wildman–Crippen LogP) is 4.60. The van der Waals surface area contributed by atoms with E-state index in [1.165, 1.54) is 17.3 Å². The number of thiazole rings is 1. The van der Waals surface area contributed by atoms with Crippen LogP contribution in [0.5, 0.6) is 0 Å². The molecule has 0 bridgehead atoms. The second-order valence-electron chi connectivity index (χ2n) is 7.69. The highest BCUT2D eigenvalue weighted by atomic mass is 32.2. The smallest absolute Gasteiger partial charge is 0.234 e. The fourth-order valence-electron chi connectivity index (χ4n) is 3.63. The minimum Gasteiger partial charge on any atom is -0.367 e. The molecule has 1 saturated heterocycles. The topological polar surface area (TPSA) is 48.5 Å². The summed E-state index contributed by atoms with van der Waals surface area (Å²) >= 11 is 3.04. The number of amides is 1. The highest BCUT2D eigenvalue weighted by molar-refractivity contribution is 8.01. The first-order valence-corrected chi connectivity index (χ1v) is 12.4. The van der Waals surface area contributed by atoms with E-state index in [-0.39, 0.29) is 5.91 Å². The molecular weight excluding hydrogens is 436 g/mol. The van der Waals surface area contributed by atoms with Gasteiger partial charge >= 0.3 is 0 Å². The molecule has 0 spiro atoms. The van der Waals surface area contributed by atoms with Gasteiger partial charge in [0.05, 0.1) is 29.4 Å². The number of anilines is 2. The van der Waals surface area contributed by atoms with Crippen molar-refractivity contribution in [3.8, 4) is 23.6 Å². The Labute approximate surface area is 197 Å². The van der Waals surface area contributed by atoms with Crippen molar-refractivity contribution in [2.75, 3.05) is 48.7 Å². The van der Waals surface area contributed by atoms with E-state index >= 15 is 0 Å². The zero-order valence-corrected chi connectivity index (χ0v) is 19.7. The molecule has 5 nitrogen and oxygen atoms in total. The van der Waals surface area contributed by atoms with Gasteiger partial charge in [-0.3, -0.25) is 9.69 Å². The second kappa shape index (κ2) is 10.7. The van der Waals surface area contributed by atoms with Crippen molar-refractivity contribution in [3.63, 3.8) is 0 Å². The zero-order chi connectivity index (χ0) is 22.3. The lowest BCUT2D eigenvalue weighted by Gasteiger charge is -2.36. The Balaban J connectivity index is 1.33. The highest BCUT2D eigenvalue weighted by Gasteiger charge is 2.19. The number of hydrogen-bond donors (Lipinski definition) is 1. The van der Waals surface area contributed by atoms with Gasteiger partial charge in [-0.25, -0.2) is 4.98 Å². The monoisotopic (exact) mass is 462 g/mol. The van der Waals surface area contributed by atoms with Crippen LogP contribution in [0.1, 0.15) is 5.56 Å². The van der Waals surface area contributed by atoms with E-state index in [4.69, 9.17) is 6.42 Å². The summed E-state index contributed by atoms with van der Waals surface area (Å²) in [5, 5.41) is 5.13. The van der Waals surface area contributed by atoms with Gasteiger partial charge in [0, 0.05) is 37.1 Å². The number of piperazine rings is 1. The molecule has 2 aromatic carbocycles. The van der Waals surface area contributed by atoms with Gasteiger partial charge in [0.25, 0.3) is 0 Å². The zero-order valence-electron chi connectivity index (χ0n) is 18.1. The Morgan fingerprint density at radius 3 is 2.66 bits per heavy atom. The summed E-state index contributed by atoms with van der Waals surface area (Å²) in [5.74, 6) is 3.01. The third-order valence-corrected chi connectivity index (χ3v) is 7.38. The molecule has 164 valence electrons. The van der Waals surface area contributed by atoms with Crippen LogP contribution < -0.4 is 10.2 Å². The third kappa shape index (κ3) is 5.71. The van der Waals surface area contributed by atoms with Crippen LogP contribution in [0.3, 0.4) is 0 Å². The van der Waals surface area contributed by atoms with Crippen LogP contribution in [-0.4, -0.2) is 54.3 Å². The summed E-state index contributed by atoms with van der Waals surface area (Å²) in [5.41, 5.74) is 5.18. The number of nitrogens with zero attached hydrogens (tertiary/aromatic N) is 3. The van der Waals surface area contributed by atoms with Crippen molar-refractivity contribution in [2.45, 2.75) is 11.3 Å². The fourth-order valence-corrected chi connectivity index (χ4v) is 5.26. The SMILES string of the molecule is C#CCN1CCN(c2ccccc2NC(=O)CSc2nc(-c3ccc(C)cc3)cs2)CC1. The molecule has 0 unspecified atom stereocenters. The lowest BCUT2D eigenvalue weighted by atomic mass is 10.1. The van der Waals surface area contributed by atoms with Crippen LogP contribution >= 0.6 is 23.1 Å². The summed E-state index contributed by atoms with van der Waals surface area (Å²) in [7, 11) is 0. The average molecular weight is 463 g/mol. The molecule has 4 rings (SSSR count). The Morgan fingerprint density at radius 2 is 1.91 bits per heavy atom. The number of aryl methyl sites for hydroxylation is 1. The van der Waals surface area contributed by atoms with Gasteiger partial charge in [-0.15, -0.1) is 17.8 Å². The van der Waals surface area contributed by atoms with E-state index in [0.29, 0.717) is 12.3 Å². The van der Waals surface area contributed by atoms with E-state index in [1.54, 1.807) is 11.3 Å². The quantitative estimate of drug-likeness (QED) is 0.411. The highest BCUT2D eigenvalue weighted by Crippen LogP contribution is 2.30. The number of para-hydroxylation sites is 2. The molecule has 1 amide bonds. The minimum absolute atomic E-state index is 0.0273. The molecule has 0 saturated carbocycles. The van der Waals surface area contributed by atoms with E-state index in [9.17, 15) is 4.79 Å². The number of carbonyl (C=O) groups excluding carboxylic acids is 1. The van der Waals surface area contributed by atoms with Gasteiger partial charge in [-0.05, 0) is 19.1 Å². The molecule has 0 aliphatic carbocycles. The molecule has 7 heteroatoms. The first kappa shape index (κ1) is 22.4. The first-order chi connectivity index (χ1) is 15.6. The molecule has 1 aromatic heterocycles. The van der Waals surface area contributed by atoms with Gasteiger partial charge in [0.15, 0.2) is 4.34 Å². The molecule has 3 aromatic rings. The van der Waals surface area contributed by atoms with Gasteiger partial charge in [0.2, 0.25) is 5.91 Å². The van der Waals surface area contributed by atoms with Crippen LogP contribution in [-0.2, 0) is 4.79 Å². The molecule has 1 aliphatic heterocycles. The van der Waals surface area contributed by atoms with E-state index in [0.717, 1.165) is 53.2 Å². The number of thioether (sulfide) groups is 1. The number of hydrogen-bond acceptors (Lipinski definition) is 6. The van der Waals surface area contributed by atoms with Crippen molar-refractivity contribution >= 4 is 40.4 Å². The van der Waals surface area contributed by atoms with Gasteiger partial charge in [-0.1, -0.05) is 59.6 Å². The largest absolute Gasteiger partial charge is 0.367 e. The van der Waals surface area contributed by atoms with Crippen molar-refractivity contribution in [1.82, 2.24) is 9.88 Å². The molecule has 1 fully saturated rings. The van der Waals surface area contributed by atoms with Gasteiger partial charge < -0.3 is 10.2 Å². The van der Waals surface area contributed by atoms with Crippen LogP contribution in [0, 0.1) is 19.3 Å². The normalized spacial score (nSPS) is 14.2. The van der Waals surface area contributed by atoms with Crippen LogP contribution in [0.2, 0.25) is 0 Å². The summed E-state index contributed by atoms with van der Waals surface area (Å²) in [6.07, 6.45) is 5.43. The number of nitrogens with one attached hydrogen (secondary N) is 1. The van der Waals surface area contributed by atoms with Crippen LogP contribution in [0.25, 0.3) is 11.3 Å². The van der Waals surface area contributed by atoms with Gasteiger partial charge in [0.1, 0.15) is 0 Å². The predicted molar refractivity (Wildman–Crippen MR) is 136 cm³/mol. The maximum Gasteiger partial charge on any atom is 0.234 e. The van der Waals surface area contributed by atoms with Crippen molar-refractivity contribution in [2.24, 2.45) is 0 Å². The Bertz CT molecular complexity index is 1100. The molecule has 32 heavy (non-hydrogen) atoms. The molecule has 0 atom stereocenters. The Hall–Kier alpha value is -2.79. The van der Waals surface area contributed by atoms with E-state index in [1.807, 2.05) is 23.6 Å².